The molecule has 0 aliphatic carbocycles. The largest absolute Gasteiger partial charge is 0.223 e. The lowest BCUT2D eigenvalue weighted by molar-refractivity contribution is 0.871. The molecule has 0 atom stereocenters. The monoisotopic (exact) mass is 230 g/mol. The van der Waals surface area contributed by atoms with Gasteiger partial charge in [-0.3, -0.25) is 0 Å². The zero-order valence-electron chi connectivity index (χ0n) is 8.79. The van der Waals surface area contributed by atoms with Crippen LogP contribution in [0.15, 0.2) is 35.7 Å². The van der Waals surface area contributed by atoms with Gasteiger partial charge >= 0.3 is 0 Å². The maximum absolute atomic E-state index is 9.20. The van der Waals surface area contributed by atoms with Crippen molar-refractivity contribution in [3.05, 3.63) is 36.4 Å². The summed E-state index contributed by atoms with van der Waals surface area (Å²) in [6, 6.07) is 7.97. The molecule has 0 unspecified atom stereocenters. The normalized spacial score (nSPS) is 10.0. The summed E-state index contributed by atoms with van der Waals surface area (Å²) < 4.78 is 1.61. The fraction of sp³-hybridized carbons (Fsp3) is 0.182. The fourth-order valence-electron chi connectivity index (χ4n) is 1.43. The van der Waals surface area contributed by atoms with Gasteiger partial charge in [0.2, 0.25) is 0 Å². The van der Waals surface area contributed by atoms with Crippen molar-refractivity contribution in [1.82, 2.24) is 14.8 Å². The average molecular weight is 230 g/mol. The SMILES string of the molecule is CCSc1cccc(-n2cncn2)c1C#N. The molecular formula is C11H10N4S. The van der Waals surface area contributed by atoms with Crippen LogP contribution >= 0.6 is 11.8 Å². The van der Waals surface area contributed by atoms with Crippen molar-refractivity contribution < 1.29 is 0 Å². The van der Waals surface area contributed by atoms with Crippen molar-refractivity contribution >= 4 is 11.8 Å². The Morgan fingerprint density at radius 2 is 2.38 bits per heavy atom. The van der Waals surface area contributed by atoms with Crippen LogP contribution in [0.5, 0.6) is 0 Å². The number of hydrogen-bond donors (Lipinski definition) is 0. The lowest BCUT2D eigenvalue weighted by Gasteiger charge is -2.07. The van der Waals surface area contributed by atoms with Crippen LogP contribution in [0.1, 0.15) is 12.5 Å². The molecule has 2 rings (SSSR count). The molecule has 0 saturated carbocycles. The predicted molar refractivity (Wildman–Crippen MR) is 62.5 cm³/mol. The highest BCUT2D eigenvalue weighted by molar-refractivity contribution is 7.99. The highest BCUT2D eigenvalue weighted by Crippen LogP contribution is 2.26. The van der Waals surface area contributed by atoms with Gasteiger partial charge in [0.25, 0.3) is 0 Å². The molecule has 2 aromatic rings. The predicted octanol–water partition coefficient (Wildman–Crippen LogP) is 2.25. The Labute approximate surface area is 97.9 Å². The summed E-state index contributed by atoms with van der Waals surface area (Å²) in [5.74, 6) is 0.940. The summed E-state index contributed by atoms with van der Waals surface area (Å²) in [5.41, 5.74) is 1.43. The lowest BCUT2D eigenvalue weighted by atomic mass is 10.2. The van der Waals surface area contributed by atoms with E-state index in [0.717, 1.165) is 16.3 Å². The summed E-state index contributed by atoms with van der Waals surface area (Å²) in [6.45, 7) is 2.06. The molecule has 80 valence electrons. The van der Waals surface area contributed by atoms with E-state index in [1.165, 1.54) is 6.33 Å². The molecule has 1 heterocycles. The van der Waals surface area contributed by atoms with Crippen LogP contribution in [0.25, 0.3) is 5.69 Å². The minimum absolute atomic E-state index is 0.653. The van der Waals surface area contributed by atoms with Crippen molar-refractivity contribution in [2.75, 3.05) is 5.75 Å². The average Bonchev–Trinajstić information content (AvgIpc) is 2.82. The molecule has 5 heteroatoms. The first-order valence-electron chi connectivity index (χ1n) is 4.87. The second-order valence-corrected chi connectivity index (χ2v) is 4.34. The van der Waals surface area contributed by atoms with E-state index in [9.17, 15) is 5.26 Å². The molecule has 0 aliphatic rings. The third kappa shape index (κ3) is 1.92. The van der Waals surface area contributed by atoms with Crippen LogP contribution in [0, 0.1) is 11.3 Å². The zero-order chi connectivity index (χ0) is 11.4. The lowest BCUT2D eigenvalue weighted by Crippen LogP contribution is -1.99. The van der Waals surface area contributed by atoms with Gasteiger partial charge < -0.3 is 0 Å². The number of thioether (sulfide) groups is 1. The molecule has 0 fully saturated rings. The maximum atomic E-state index is 9.20. The molecule has 1 aromatic heterocycles. The third-order valence-electron chi connectivity index (χ3n) is 2.08. The van der Waals surface area contributed by atoms with Gasteiger partial charge in [-0.15, -0.1) is 11.8 Å². The molecular weight excluding hydrogens is 220 g/mol. The summed E-state index contributed by atoms with van der Waals surface area (Å²) in [6.07, 6.45) is 3.05. The quantitative estimate of drug-likeness (QED) is 0.759. The molecule has 4 nitrogen and oxygen atoms in total. The number of aromatic nitrogens is 3. The van der Waals surface area contributed by atoms with E-state index in [4.69, 9.17) is 0 Å². The first-order chi connectivity index (χ1) is 7.86. The van der Waals surface area contributed by atoms with Crippen molar-refractivity contribution in [1.29, 1.82) is 5.26 Å². The Morgan fingerprint density at radius 3 is 3.00 bits per heavy atom. The Hall–Kier alpha value is -1.80. The van der Waals surface area contributed by atoms with Gasteiger partial charge in [-0.1, -0.05) is 13.0 Å². The molecule has 1 aromatic carbocycles. The second-order valence-electron chi connectivity index (χ2n) is 3.04. The van der Waals surface area contributed by atoms with Crippen LogP contribution in [0.3, 0.4) is 0 Å². The van der Waals surface area contributed by atoms with E-state index in [0.29, 0.717) is 5.56 Å². The minimum Gasteiger partial charge on any atom is -0.223 e. The number of nitrogens with zero attached hydrogens (tertiary/aromatic N) is 4. The Balaban J connectivity index is 2.54. The summed E-state index contributed by atoms with van der Waals surface area (Å²) in [5, 5.41) is 13.2. The van der Waals surface area contributed by atoms with Crippen molar-refractivity contribution in [3.63, 3.8) is 0 Å². The number of nitriles is 1. The summed E-state index contributed by atoms with van der Waals surface area (Å²) in [4.78, 5) is 4.87. The number of hydrogen-bond acceptors (Lipinski definition) is 4. The molecule has 0 radical (unpaired) electrons. The minimum atomic E-state index is 0.653. The van der Waals surface area contributed by atoms with Gasteiger partial charge in [0, 0.05) is 4.90 Å². The molecule has 0 spiro atoms. The van der Waals surface area contributed by atoms with Gasteiger partial charge in [0.1, 0.15) is 18.7 Å². The highest BCUT2D eigenvalue weighted by atomic mass is 32.2. The molecule has 0 saturated heterocycles. The zero-order valence-corrected chi connectivity index (χ0v) is 9.61. The van der Waals surface area contributed by atoms with E-state index in [-0.39, 0.29) is 0 Å². The van der Waals surface area contributed by atoms with Gasteiger partial charge in [0.15, 0.2) is 0 Å². The highest BCUT2D eigenvalue weighted by Gasteiger charge is 2.09. The van der Waals surface area contributed by atoms with Gasteiger partial charge in [0.05, 0.1) is 11.3 Å². The third-order valence-corrected chi connectivity index (χ3v) is 3.02. The molecule has 0 aliphatic heterocycles. The van der Waals surface area contributed by atoms with Crippen molar-refractivity contribution in [3.8, 4) is 11.8 Å². The Morgan fingerprint density at radius 1 is 1.50 bits per heavy atom. The molecule has 16 heavy (non-hydrogen) atoms. The van der Waals surface area contributed by atoms with Crippen LogP contribution in [0.4, 0.5) is 0 Å². The van der Waals surface area contributed by atoms with Gasteiger partial charge in [-0.25, -0.2) is 9.67 Å². The number of benzene rings is 1. The first-order valence-corrected chi connectivity index (χ1v) is 5.86. The Kier molecular flexibility index (Phi) is 3.22. The number of rotatable bonds is 3. The van der Waals surface area contributed by atoms with E-state index < -0.39 is 0 Å². The van der Waals surface area contributed by atoms with Crippen molar-refractivity contribution in [2.24, 2.45) is 0 Å². The van der Waals surface area contributed by atoms with Crippen LogP contribution in [-0.4, -0.2) is 20.5 Å². The smallest absolute Gasteiger partial charge is 0.138 e. The maximum Gasteiger partial charge on any atom is 0.138 e. The van der Waals surface area contributed by atoms with Gasteiger partial charge in [-0.05, 0) is 17.9 Å². The Bertz CT molecular complexity index is 513. The van der Waals surface area contributed by atoms with Gasteiger partial charge in [-0.2, -0.15) is 10.4 Å². The van der Waals surface area contributed by atoms with Crippen LogP contribution in [-0.2, 0) is 0 Å². The van der Waals surface area contributed by atoms with Crippen molar-refractivity contribution in [2.45, 2.75) is 11.8 Å². The molecule has 0 amide bonds. The van der Waals surface area contributed by atoms with Crippen LogP contribution < -0.4 is 0 Å². The van der Waals surface area contributed by atoms with E-state index in [1.54, 1.807) is 22.8 Å². The fourth-order valence-corrected chi connectivity index (χ4v) is 2.21. The summed E-state index contributed by atoms with van der Waals surface area (Å²) >= 11 is 1.65. The molecule has 0 bridgehead atoms. The second kappa shape index (κ2) is 4.81. The molecule has 0 N–H and O–H groups in total. The van der Waals surface area contributed by atoms with E-state index in [1.807, 2.05) is 18.2 Å². The topological polar surface area (TPSA) is 54.5 Å². The van der Waals surface area contributed by atoms with E-state index >= 15 is 0 Å². The standard InChI is InChI=1S/C11H10N4S/c1-2-16-11-5-3-4-10(9(11)6-12)15-8-13-7-14-15/h3-5,7-8H,2H2,1H3. The first kappa shape index (κ1) is 10.7. The van der Waals surface area contributed by atoms with E-state index in [2.05, 4.69) is 23.1 Å². The summed E-state index contributed by atoms with van der Waals surface area (Å²) in [7, 11) is 0. The van der Waals surface area contributed by atoms with Crippen LogP contribution in [0.2, 0.25) is 0 Å².